The lowest BCUT2D eigenvalue weighted by Crippen LogP contribution is -2.39. The number of hydrogen-bond donors (Lipinski definition) is 1. The summed E-state index contributed by atoms with van der Waals surface area (Å²) in [6, 6.07) is 0.249. The lowest BCUT2D eigenvalue weighted by Gasteiger charge is -2.30. The molecule has 1 aromatic heterocycles. The van der Waals surface area contributed by atoms with E-state index in [2.05, 4.69) is 28.8 Å². The highest BCUT2D eigenvalue weighted by molar-refractivity contribution is 7.99. The Morgan fingerprint density at radius 3 is 3.06 bits per heavy atom. The molecule has 1 aliphatic rings. The smallest absolute Gasteiger partial charge is 0.105 e. The van der Waals surface area contributed by atoms with E-state index >= 15 is 0 Å². The van der Waals surface area contributed by atoms with Crippen LogP contribution in [0.2, 0.25) is 0 Å². The van der Waals surface area contributed by atoms with Gasteiger partial charge in [-0.2, -0.15) is 11.8 Å². The zero-order valence-electron chi connectivity index (χ0n) is 10.8. The average Bonchev–Trinajstić information content (AvgIpc) is 2.69. The summed E-state index contributed by atoms with van der Waals surface area (Å²) in [4.78, 5) is 4.37. The molecule has 2 heterocycles. The summed E-state index contributed by atoms with van der Waals surface area (Å²) in [6.45, 7) is 5.96. The van der Waals surface area contributed by atoms with Crippen molar-refractivity contribution in [1.82, 2.24) is 14.9 Å². The Morgan fingerprint density at radius 1 is 1.71 bits per heavy atom. The molecule has 96 valence electrons. The van der Waals surface area contributed by atoms with Crippen LogP contribution in [-0.4, -0.2) is 40.3 Å². The number of thioether (sulfide) groups is 1. The highest BCUT2D eigenvalue weighted by Crippen LogP contribution is 2.25. The molecular weight excluding hydrogens is 234 g/mol. The van der Waals surface area contributed by atoms with Crippen LogP contribution >= 0.6 is 11.8 Å². The van der Waals surface area contributed by atoms with Gasteiger partial charge in [-0.3, -0.25) is 0 Å². The second kappa shape index (κ2) is 5.89. The molecule has 0 aromatic carbocycles. The summed E-state index contributed by atoms with van der Waals surface area (Å²) in [5, 5.41) is 3.52. The minimum absolute atomic E-state index is 0.249. The number of nitrogens with zero attached hydrogens (tertiary/aromatic N) is 2. The third kappa shape index (κ3) is 2.84. The van der Waals surface area contributed by atoms with Gasteiger partial charge >= 0.3 is 0 Å². The van der Waals surface area contributed by atoms with Gasteiger partial charge in [0.25, 0.3) is 0 Å². The Bertz CT molecular complexity index is 361. The van der Waals surface area contributed by atoms with Gasteiger partial charge in [-0.25, -0.2) is 4.98 Å². The van der Waals surface area contributed by atoms with Crippen molar-refractivity contribution in [3.63, 3.8) is 0 Å². The summed E-state index contributed by atoms with van der Waals surface area (Å²) >= 11 is 1.97. The molecule has 17 heavy (non-hydrogen) atoms. The van der Waals surface area contributed by atoms with Crippen LogP contribution in [0.5, 0.6) is 0 Å². The van der Waals surface area contributed by atoms with Crippen LogP contribution in [0.1, 0.15) is 24.5 Å². The molecule has 1 aromatic rings. The first-order valence-electron chi connectivity index (χ1n) is 6.15. The molecule has 0 aliphatic carbocycles. The number of likely N-dealkylation sites (N-methyl/N-ethyl adjacent to an activating group) is 1. The van der Waals surface area contributed by atoms with Crippen LogP contribution in [-0.2, 0) is 11.8 Å². The van der Waals surface area contributed by atoms with E-state index in [1.54, 1.807) is 0 Å². The second-order valence-corrected chi connectivity index (χ2v) is 5.46. The van der Waals surface area contributed by atoms with Gasteiger partial charge in [-0.15, -0.1) is 0 Å². The van der Waals surface area contributed by atoms with E-state index in [1.165, 1.54) is 5.69 Å². The zero-order chi connectivity index (χ0) is 12.3. The predicted molar refractivity (Wildman–Crippen MR) is 71.4 cm³/mol. The normalized spacial score (nSPS) is 22.6. The maximum Gasteiger partial charge on any atom is 0.105 e. The highest BCUT2D eigenvalue weighted by Gasteiger charge is 2.27. The first-order valence-corrected chi connectivity index (χ1v) is 7.30. The molecule has 1 N–H and O–H groups in total. The van der Waals surface area contributed by atoms with Crippen LogP contribution in [0.15, 0.2) is 6.20 Å². The number of aryl methyl sites for hydroxylation is 1. The van der Waals surface area contributed by atoms with Gasteiger partial charge < -0.3 is 14.6 Å². The molecule has 0 bridgehead atoms. The van der Waals surface area contributed by atoms with Gasteiger partial charge in [0, 0.05) is 18.6 Å². The number of nitrogens with one attached hydrogen (secondary N) is 1. The topological polar surface area (TPSA) is 39.1 Å². The number of aromatic nitrogens is 2. The monoisotopic (exact) mass is 255 g/mol. The summed E-state index contributed by atoms with van der Waals surface area (Å²) in [5.41, 5.74) is 1.22. The lowest BCUT2D eigenvalue weighted by molar-refractivity contribution is 0.0453. The number of imidazole rings is 1. The van der Waals surface area contributed by atoms with Crippen molar-refractivity contribution in [1.29, 1.82) is 0 Å². The van der Waals surface area contributed by atoms with E-state index in [4.69, 9.17) is 4.74 Å². The fourth-order valence-corrected chi connectivity index (χ4v) is 3.06. The maximum atomic E-state index is 5.89. The lowest BCUT2D eigenvalue weighted by atomic mass is 10.1. The standard InChI is InChI=1S/C12H21N3OS/c1-4-13-12(11-8-17-6-5-16-11)10-7-14-9(2)15(10)3/h7,11-13H,4-6,8H2,1-3H3. The van der Waals surface area contributed by atoms with Crippen LogP contribution in [0.4, 0.5) is 0 Å². The molecule has 2 unspecified atom stereocenters. The van der Waals surface area contributed by atoms with E-state index in [1.807, 2.05) is 24.9 Å². The van der Waals surface area contributed by atoms with E-state index in [0.717, 1.165) is 30.5 Å². The van der Waals surface area contributed by atoms with Crippen LogP contribution < -0.4 is 5.32 Å². The van der Waals surface area contributed by atoms with Gasteiger partial charge in [0.1, 0.15) is 5.82 Å². The average molecular weight is 255 g/mol. The van der Waals surface area contributed by atoms with Crippen molar-refractivity contribution in [3.05, 3.63) is 17.7 Å². The van der Waals surface area contributed by atoms with E-state index in [9.17, 15) is 0 Å². The van der Waals surface area contributed by atoms with Crippen molar-refractivity contribution in [2.45, 2.75) is 26.0 Å². The molecule has 4 nitrogen and oxygen atoms in total. The fraction of sp³-hybridized carbons (Fsp3) is 0.750. The molecule has 0 spiro atoms. The van der Waals surface area contributed by atoms with Gasteiger partial charge in [0.15, 0.2) is 0 Å². The van der Waals surface area contributed by atoms with Crippen molar-refractivity contribution in [2.75, 3.05) is 24.7 Å². The number of ether oxygens (including phenoxy) is 1. The highest BCUT2D eigenvalue weighted by atomic mass is 32.2. The number of rotatable bonds is 4. The Balaban J connectivity index is 2.18. The Kier molecular flexibility index (Phi) is 4.48. The minimum Gasteiger partial charge on any atom is -0.374 e. The van der Waals surface area contributed by atoms with Crippen molar-refractivity contribution in [3.8, 4) is 0 Å². The molecule has 1 saturated heterocycles. The van der Waals surface area contributed by atoms with Gasteiger partial charge in [0.05, 0.1) is 30.6 Å². The molecule has 2 rings (SSSR count). The summed E-state index contributed by atoms with van der Waals surface area (Å²) in [6.07, 6.45) is 2.22. The van der Waals surface area contributed by atoms with E-state index in [0.29, 0.717) is 0 Å². The molecule has 1 aliphatic heterocycles. The molecule has 0 radical (unpaired) electrons. The summed E-state index contributed by atoms with van der Waals surface area (Å²) in [5.74, 6) is 3.22. The van der Waals surface area contributed by atoms with E-state index < -0.39 is 0 Å². The van der Waals surface area contributed by atoms with E-state index in [-0.39, 0.29) is 12.1 Å². The van der Waals surface area contributed by atoms with Crippen molar-refractivity contribution < 1.29 is 4.74 Å². The predicted octanol–water partition coefficient (Wildman–Crippen LogP) is 1.51. The van der Waals surface area contributed by atoms with Crippen molar-refractivity contribution in [2.24, 2.45) is 7.05 Å². The first kappa shape index (κ1) is 12.9. The molecule has 0 amide bonds. The Labute approximate surface area is 107 Å². The minimum atomic E-state index is 0.249. The molecule has 2 atom stereocenters. The first-order chi connectivity index (χ1) is 8.24. The van der Waals surface area contributed by atoms with Gasteiger partial charge in [-0.05, 0) is 13.5 Å². The van der Waals surface area contributed by atoms with Gasteiger partial charge in [-0.1, -0.05) is 6.92 Å². The number of hydrogen-bond acceptors (Lipinski definition) is 4. The molecule has 1 fully saturated rings. The molecule has 0 saturated carbocycles. The third-order valence-corrected chi connectivity index (χ3v) is 4.23. The third-order valence-electron chi connectivity index (χ3n) is 3.21. The quantitative estimate of drug-likeness (QED) is 0.885. The second-order valence-electron chi connectivity index (χ2n) is 4.31. The maximum absolute atomic E-state index is 5.89. The fourth-order valence-electron chi connectivity index (χ4n) is 2.15. The van der Waals surface area contributed by atoms with Crippen LogP contribution in [0.3, 0.4) is 0 Å². The summed E-state index contributed by atoms with van der Waals surface area (Å²) in [7, 11) is 2.07. The molecule has 5 heteroatoms. The zero-order valence-corrected chi connectivity index (χ0v) is 11.6. The van der Waals surface area contributed by atoms with Crippen LogP contribution in [0.25, 0.3) is 0 Å². The summed E-state index contributed by atoms with van der Waals surface area (Å²) < 4.78 is 8.04. The van der Waals surface area contributed by atoms with Gasteiger partial charge in [0.2, 0.25) is 0 Å². The Morgan fingerprint density at radius 2 is 2.53 bits per heavy atom. The Hall–Kier alpha value is -0.520. The molecular formula is C12H21N3OS. The SMILES string of the molecule is CCNC(c1cnc(C)n1C)C1CSCCO1. The largest absolute Gasteiger partial charge is 0.374 e. The van der Waals surface area contributed by atoms with Crippen molar-refractivity contribution >= 4 is 11.8 Å². The van der Waals surface area contributed by atoms with Crippen LogP contribution in [0, 0.1) is 6.92 Å².